The van der Waals surface area contributed by atoms with Crippen LogP contribution in [0.2, 0.25) is 0 Å². The van der Waals surface area contributed by atoms with Crippen molar-refractivity contribution in [3.63, 3.8) is 0 Å². The minimum atomic E-state index is -2.65. The molecule has 11 heteroatoms. The van der Waals surface area contributed by atoms with Gasteiger partial charge in [-0.15, -0.1) is 0 Å². The normalized spacial score (nSPS) is 28.5. The van der Waals surface area contributed by atoms with Crippen molar-refractivity contribution in [2.45, 2.75) is 69.2 Å². The van der Waals surface area contributed by atoms with Crippen molar-refractivity contribution in [2.24, 2.45) is 17.6 Å². The summed E-state index contributed by atoms with van der Waals surface area (Å²) in [5.74, 6) is -6.44. The average molecular weight is 569 g/mol. The molecule has 4 aliphatic rings. The number of Topliss-reactive ketones (excluding diaryl/α,β-unsaturated/α-hetero) is 2. The molecule has 1 amide bonds. The molecule has 5 rings (SSSR count). The number of nitrogens with one attached hydrogen (secondary N) is 1. The number of anilines is 1. The second kappa shape index (κ2) is 10.5. The smallest absolute Gasteiger partial charge is 0.255 e. The van der Waals surface area contributed by atoms with Crippen LogP contribution in [0.3, 0.4) is 0 Å². The van der Waals surface area contributed by atoms with Gasteiger partial charge in [0.25, 0.3) is 5.91 Å². The van der Waals surface area contributed by atoms with Gasteiger partial charge in [0.1, 0.15) is 22.8 Å². The Morgan fingerprint density at radius 2 is 1.76 bits per heavy atom. The van der Waals surface area contributed by atoms with Crippen molar-refractivity contribution in [3.8, 4) is 5.75 Å². The van der Waals surface area contributed by atoms with E-state index in [4.69, 9.17) is 5.73 Å². The molecular weight excluding hydrogens is 528 g/mol. The number of nitrogens with zero attached hydrogens (tertiary/aromatic N) is 2. The molecule has 1 aromatic rings. The molecule has 7 N–H and O–H groups in total. The molecule has 2 fully saturated rings. The third-order valence-electron chi connectivity index (χ3n) is 9.44. The summed E-state index contributed by atoms with van der Waals surface area (Å²) in [6, 6.07) is 1.11. The van der Waals surface area contributed by atoms with Gasteiger partial charge < -0.3 is 36.4 Å². The first-order valence-electron chi connectivity index (χ1n) is 14.2. The van der Waals surface area contributed by atoms with Crippen LogP contribution >= 0.6 is 0 Å². The Morgan fingerprint density at radius 3 is 2.34 bits per heavy atom. The molecule has 2 saturated carbocycles. The maximum absolute atomic E-state index is 14.1. The van der Waals surface area contributed by atoms with Crippen molar-refractivity contribution in [1.29, 1.82) is 0 Å². The van der Waals surface area contributed by atoms with Crippen molar-refractivity contribution < 1.29 is 34.8 Å². The highest BCUT2D eigenvalue weighted by Crippen LogP contribution is 2.54. The summed E-state index contributed by atoms with van der Waals surface area (Å²) in [6.45, 7) is 0.370. The lowest BCUT2D eigenvalue weighted by Crippen LogP contribution is -2.65. The number of hydrogen-bond acceptors (Lipinski definition) is 10. The van der Waals surface area contributed by atoms with E-state index in [1.807, 2.05) is 25.1 Å². The molecule has 0 saturated heterocycles. The number of amides is 1. The van der Waals surface area contributed by atoms with E-state index in [0.29, 0.717) is 23.7 Å². The molecule has 222 valence electrons. The highest BCUT2D eigenvalue weighted by atomic mass is 16.3. The van der Waals surface area contributed by atoms with E-state index in [1.165, 1.54) is 11.3 Å². The zero-order valence-electron chi connectivity index (χ0n) is 24.0. The molecular formula is C30H40N4O7. The monoisotopic (exact) mass is 568 g/mol. The van der Waals surface area contributed by atoms with Crippen molar-refractivity contribution in [3.05, 3.63) is 39.7 Å². The SMILES string of the molecule is CN(C)c1cc(CNC2CCCCC2)c(O)c2c1CC1CC3C(N(C)C)C(=O)C(C(N)=O)=C(O)C3(O)C(=O)C1=C2O. The van der Waals surface area contributed by atoms with Crippen LogP contribution in [0.4, 0.5) is 5.69 Å². The van der Waals surface area contributed by atoms with Crippen LogP contribution in [0.1, 0.15) is 55.2 Å². The van der Waals surface area contributed by atoms with Crippen LogP contribution < -0.4 is 16.0 Å². The summed E-state index contributed by atoms with van der Waals surface area (Å²) >= 11 is 0. The van der Waals surface area contributed by atoms with E-state index < -0.39 is 58.0 Å². The molecule has 4 atom stereocenters. The van der Waals surface area contributed by atoms with Crippen LogP contribution in [0, 0.1) is 11.8 Å². The quantitative estimate of drug-likeness (QED) is 0.275. The number of fused-ring (bicyclic) bond motifs is 3. The Morgan fingerprint density at radius 1 is 1.10 bits per heavy atom. The highest BCUT2D eigenvalue weighted by molar-refractivity contribution is 6.24. The number of carbonyl (C=O) groups excluding carboxylic acids is 3. The minimum absolute atomic E-state index is 0.0599. The lowest BCUT2D eigenvalue weighted by atomic mass is 9.57. The number of phenolic OH excluding ortho intramolecular Hbond substituents is 1. The number of rotatable bonds is 6. The minimum Gasteiger partial charge on any atom is -0.508 e. The summed E-state index contributed by atoms with van der Waals surface area (Å²) < 4.78 is 0. The largest absolute Gasteiger partial charge is 0.508 e. The van der Waals surface area contributed by atoms with E-state index in [1.54, 1.807) is 14.1 Å². The molecule has 41 heavy (non-hydrogen) atoms. The van der Waals surface area contributed by atoms with Gasteiger partial charge >= 0.3 is 0 Å². The van der Waals surface area contributed by atoms with Crippen LogP contribution in [0.15, 0.2) is 23.0 Å². The fourth-order valence-corrected chi connectivity index (χ4v) is 7.44. The summed E-state index contributed by atoms with van der Waals surface area (Å²) in [7, 11) is 6.89. The maximum Gasteiger partial charge on any atom is 0.255 e. The average Bonchev–Trinajstić information content (AvgIpc) is 2.90. The van der Waals surface area contributed by atoms with Crippen LogP contribution in [0.5, 0.6) is 5.75 Å². The summed E-state index contributed by atoms with van der Waals surface area (Å²) in [4.78, 5) is 42.9. The van der Waals surface area contributed by atoms with E-state index >= 15 is 0 Å². The van der Waals surface area contributed by atoms with Crippen molar-refractivity contribution in [1.82, 2.24) is 10.2 Å². The molecule has 0 heterocycles. The number of phenols is 1. The van der Waals surface area contributed by atoms with Gasteiger partial charge in [-0.1, -0.05) is 19.3 Å². The molecule has 0 aliphatic heterocycles. The van der Waals surface area contributed by atoms with E-state index in [-0.39, 0.29) is 29.7 Å². The van der Waals surface area contributed by atoms with Crippen LogP contribution in [-0.2, 0) is 27.3 Å². The number of hydrogen-bond donors (Lipinski definition) is 6. The van der Waals surface area contributed by atoms with Crippen molar-refractivity contribution >= 4 is 28.9 Å². The predicted molar refractivity (Wildman–Crippen MR) is 152 cm³/mol. The molecule has 0 bridgehead atoms. The summed E-state index contributed by atoms with van der Waals surface area (Å²) in [6.07, 6.45) is 5.94. The van der Waals surface area contributed by atoms with Gasteiger partial charge in [0, 0.05) is 49.4 Å². The Hall–Kier alpha value is -3.41. The summed E-state index contributed by atoms with van der Waals surface area (Å²) in [5, 5.41) is 49.4. The number of aliphatic hydroxyl groups excluding tert-OH is 2. The molecule has 0 spiro atoms. The topological polar surface area (TPSA) is 177 Å². The molecule has 0 aromatic heterocycles. The standard InChI is InChI=1S/C30H40N4O7/c1-33(2)19-12-15(13-32-16-8-6-5-7-9-16)24(35)21-17(19)10-14-11-18-23(34(3)4)26(37)22(29(31)40)28(39)30(18,41)27(38)20(14)25(21)36/h12,14,16,18,23,32,35-36,39,41H,5-11,13H2,1-4H3,(H2,31,40). The second-order valence-electron chi connectivity index (χ2n) is 12.3. The first-order chi connectivity index (χ1) is 19.3. The fraction of sp³-hybridized carbons (Fsp3) is 0.567. The molecule has 1 aromatic carbocycles. The zero-order valence-corrected chi connectivity index (χ0v) is 24.0. The third kappa shape index (κ3) is 4.41. The van der Waals surface area contributed by atoms with Gasteiger partial charge in [-0.05, 0) is 57.3 Å². The number of ketones is 2. The van der Waals surface area contributed by atoms with Gasteiger partial charge in [0.05, 0.1) is 11.6 Å². The van der Waals surface area contributed by atoms with E-state index in [9.17, 15) is 34.8 Å². The van der Waals surface area contributed by atoms with E-state index in [2.05, 4.69) is 5.32 Å². The molecule has 4 aliphatic carbocycles. The Bertz CT molecular complexity index is 1380. The third-order valence-corrected chi connectivity index (χ3v) is 9.44. The van der Waals surface area contributed by atoms with Gasteiger partial charge in [-0.25, -0.2) is 0 Å². The second-order valence-corrected chi connectivity index (χ2v) is 12.3. The first-order valence-corrected chi connectivity index (χ1v) is 14.2. The lowest BCUT2D eigenvalue weighted by Gasteiger charge is -2.50. The number of aromatic hydroxyl groups is 1. The fourth-order valence-electron chi connectivity index (χ4n) is 7.44. The van der Waals surface area contributed by atoms with E-state index in [0.717, 1.165) is 31.4 Å². The number of carbonyl (C=O) groups is 3. The van der Waals surface area contributed by atoms with Gasteiger partial charge in [-0.2, -0.15) is 0 Å². The number of likely N-dealkylation sites (N-methyl/N-ethyl adjacent to an activating group) is 1. The van der Waals surface area contributed by atoms with Crippen LogP contribution in [-0.4, -0.2) is 88.7 Å². The molecule has 11 nitrogen and oxygen atoms in total. The summed E-state index contributed by atoms with van der Waals surface area (Å²) in [5.41, 5.74) is 3.90. The van der Waals surface area contributed by atoms with Gasteiger partial charge in [-0.3, -0.25) is 19.3 Å². The lowest BCUT2D eigenvalue weighted by molar-refractivity contribution is -0.153. The van der Waals surface area contributed by atoms with Gasteiger partial charge in [0.2, 0.25) is 5.78 Å². The number of aliphatic hydroxyl groups is 3. The molecule has 0 radical (unpaired) electrons. The Kier molecular flexibility index (Phi) is 7.42. The number of primary amides is 1. The zero-order chi connectivity index (χ0) is 30.0. The van der Waals surface area contributed by atoms with Gasteiger partial charge in [0.15, 0.2) is 11.4 Å². The first kappa shape index (κ1) is 29.1. The van der Waals surface area contributed by atoms with Crippen molar-refractivity contribution in [2.75, 3.05) is 33.1 Å². The number of nitrogens with two attached hydrogens (primary N) is 1. The number of benzene rings is 1. The highest BCUT2D eigenvalue weighted by Gasteiger charge is 2.64. The Labute approximate surface area is 239 Å². The molecule has 4 unspecified atom stereocenters. The maximum atomic E-state index is 14.1. The predicted octanol–water partition coefficient (Wildman–Crippen LogP) is 1.45. The Balaban J connectivity index is 1.64. The van der Waals surface area contributed by atoms with Crippen LogP contribution in [0.25, 0.3) is 5.76 Å².